The molecule has 2 aromatic rings. The highest BCUT2D eigenvalue weighted by molar-refractivity contribution is 7.13. The van der Waals surface area contributed by atoms with E-state index in [-0.39, 0.29) is 11.9 Å². The fourth-order valence-electron chi connectivity index (χ4n) is 1.31. The van der Waals surface area contributed by atoms with Gasteiger partial charge in [0.1, 0.15) is 10.8 Å². The lowest BCUT2D eigenvalue weighted by Crippen LogP contribution is -2.04. The predicted octanol–water partition coefficient (Wildman–Crippen LogP) is 3.62. The van der Waals surface area contributed by atoms with E-state index in [1.54, 1.807) is 12.1 Å². The topological polar surface area (TPSA) is 38.9 Å². The average molecular weight is 257 g/mol. The second-order valence-electron chi connectivity index (χ2n) is 3.46. The highest BCUT2D eigenvalue weighted by Crippen LogP contribution is 2.33. The predicted molar refractivity (Wildman–Crippen MR) is 65.1 cm³/mol. The number of hydrogen-bond donors (Lipinski definition) is 1. The quantitative estimate of drug-likeness (QED) is 0.891. The molecule has 0 amide bonds. The summed E-state index contributed by atoms with van der Waals surface area (Å²) < 4.78 is 13.6. The highest BCUT2D eigenvalue weighted by atomic mass is 35.5. The monoisotopic (exact) mass is 256 g/mol. The number of nitrogens with zero attached hydrogens (tertiary/aromatic N) is 1. The number of halogens is 2. The third-order valence-corrected chi connectivity index (χ3v) is 3.36. The van der Waals surface area contributed by atoms with Crippen LogP contribution < -0.4 is 5.73 Å². The van der Waals surface area contributed by atoms with E-state index in [1.165, 1.54) is 17.4 Å². The largest absolute Gasteiger partial charge is 0.323 e. The van der Waals surface area contributed by atoms with E-state index in [4.69, 9.17) is 17.3 Å². The van der Waals surface area contributed by atoms with Gasteiger partial charge in [0.25, 0.3) is 0 Å². The molecule has 2 N–H and O–H groups in total. The molecule has 1 atom stereocenters. The SMILES string of the molecule is CC(N)c1csc(-c2c(F)cccc2Cl)n1. The maximum absolute atomic E-state index is 13.6. The summed E-state index contributed by atoms with van der Waals surface area (Å²) in [5, 5.41) is 2.75. The smallest absolute Gasteiger partial charge is 0.134 e. The molecule has 1 unspecified atom stereocenters. The Morgan fingerprint density at radius 2 is 2.25 bits per heavy atom. The molecular weight excluding hydrogens is 247 g/mol. The Bertz CT molecular complexity index is 490. The van der Waals surface area contributed by atoms with Crippen LogP contribution in [-0.2, 0) is 0 Å². The summed E-state index contributed by atoms with van der Waals surface area (Å²) in [6.07, 6.45) is 0. The van der Waals surface area contributed by atoms with Gasteiger partial charge in [0.05, 0.1) is 16.3 Å². The van der Waals surface area contributed by atoms with Gasteiger partial charge >= 0.3 is 0 Å². The Morgan fingerprint density at radius 1 is 1.50 bits per heavy atom. The summed E-state index contributed by atoms with van der Waals surface area (Å²) in [4.78, 5) is 4.27. The first-order valence-electron chi connectivity index (χ1n) is 4.75. The zero-order valence-electron chi connectivity index (χ0n) is 8.58. The lowest BCUT2D eigenvalue weighted by atomic mass is 10.2. The average Bonchev–Trinajstić information content (AvgIpc) is 2.66. The number of rotatable bonds is 2. The molecule has 2 nitrogen and oxygen atoms in total. The molecular formula is C11H10ClFN2S. The van der Waals surface area contributed by atoms with Gasteiger partial charge in [0, 0.05) is 11.4 Å². The van der Waals surface area contributed by atoms with Crippen LogP contribution in [0.3, 0.4) is 0 Å². The van der Waals surface area contributed by atoms with Gasteiger partial charge < -0.3 is 5.73 Å². The van der Waals surface area contributed by atoms with Gasteiger partial charge in [-0.25, -0.2) is 9.37 Å². The minimum atomic E-state index is -0.363. The van der Waals surface area contributed by atoms with Gasteiger partial charge in [-0.05, 0) is 19.1 Å². The lowest BCUT2D eigenvalue weighted by molar-refractivity contribution is 0.631. The molecule has 0 saturated carbocycles. The fourth-order valence-corrected chi connectivity index (χ4v) is 2.60. The molecule has 0 fully saturated rings. The van der Waals surface area contributed by atoms with Gasteiger partial charge in [0.2, 0.25) is 0 Å². The Kier molecular flexibility index (Phi) is 3.23. The first-order chi connectivity index (χ1) is 7.59. The van der Waals surface area contributed by atoms with Crippen molar-refractivity contribution in [3.05, 3.63) is 40.1 Å². The van der Waals surface area contributed by atoms with Crippen molar-refractivity contribution in [1.29, 1.82) is 0 Å². The normalized spacial score (nSPS) is 12.8. The molecule has 0 aliphatic heterocycles. The summed E-state index contributed by atoms with van der Waals surface area (Å²) in [6, 6.07) is 4.43. The van der Waals surface area contributed by atoms with Crippen molar-refractivity contribution in [1.82, 2.24) is 4.98 Å². The van der Waals surface area contributed by atoms with Crippen molar-refractivity contribution in [2.45, 2.75) is 13.0 Å². The molecule has 1 aromatic carbocycles. The van der Waals surface area contributed by atoms with Crippen LogP contribution in [0.5, 0.6) is 0 Å². The van der Waals surface area contributed by atoms with E-state index in [0.29, 0.717) is 15.6 Å². The van der Waals surface area contributed by atoms with Gasteiger partial charge in [-0.3, -0.25) is 0 Å². The Hall–Kier alpha value is -0.970. The maximum Gasteiger partial charge on any atom is 0.134 e. The van der Waals surface area contributed by atoms with Crippen molar-refractivity contribution < 1.29 is 4.39 Å². The number of hydrogen-bond acceptors (Lipinski definition) is 3. The summed E-state index contributed by atoms with van der Waals surface area (Å²) in [6.45, 7) is 1.84. The molecule has 0 radical (unpaired) electrons. The van der Waals surface area contributed by atoms with Crippen molar-refractivity contribution >= 4 is 22.9 Å². The van der Waals surface area contributed by atoms with Gasteiger partial charge in [-0.15, -0.1) is 11.3 Å². The second-order valence-corrected chi connectivity index (χ2v) is 4.73. The molecule has 16 heavy (non-hydrogen) atoms. The Balaban J connectivity index is 2.50. The second kappa shape index (κ2) is 4.49. The van der Waals surface area contributed by atoms with Gasteiger partial charge in [0.15, 0.2) is 0 Å². The van der Waals surface area contributed by atoms with Crippen LogP contribution in [0.2, 0.25) is 5.02 Å². The van der Waals surface area contributed by atoms with E-state index in [9.17, 15) is 4.39 Å². The Morgan fingerprint density at radius 3 is 2.81 bits per heavy atom. The number of benzene rings is 1. The number of nitrogens with two attached hydrogens (primary N) is 1. The summed E-state index contributed by atoms with van der Waals surface area (Å²) in [5.41, 5.74) is 6.80. The van der Waals surface area contributed by atoms with Crippen LogP contribution in [0, 0.1) is 5.82 Å². The van der Waals surface area contributed by atoms with Crippen molar-refractivity contribution in [3.8, 4) is 10.6 Å². The summed E-state index contributed by atoms with van der Waals surface area (Å²) in [5.74, 6) is -0.363. The molecule has 0 bridgehead atoms. The summed E-state index contributed by atoms with van der Waals surface area (Å²) in [7, 11) is 0. The van der Waals surface area contributed by atoms with E-state index in [1.807, 2.05) is 12.3 Å². The van der Waals surface area contributed by atoms with Crippen LogP contribution in [0.1, 0.15) is 18.7 Å². The molecule has 0 aliphatic carbocycles. The third kappa shape index (κ3) is 2.09. The fraction of sp³-hybridized carbons (Fsp3) is 0.182. The van der Waals surface area contributed by atoms with E-state index >= 15 is 0 Å². The summed E-state index contributed by atoms with van der Waals surface area (Å²) >= 11 is 7.29. The molecule has 0 spiro atoms. The van der Waals surface area contributed by atoms with Crippen LogP contribution >= 0.6 is 22.9 Å². The first kappa shape index (κ1) is 11.5. The molecule has 0 saturated heterocycles. The van der Waals surface area contributed by atoms with E-state index in [0.717, 1.165) is 5.69 Å². The maximum atomic E-state index is 13.6. The van der Waals surface area contributed by atoms with Crippen molar-refractivity contribution in [2.24, 2.45) is 5.73 Å². The molecule has 84 valence electrons. The molecule has 0 aliphatic rings. The van der Waals surface area contributed by atoms with Crippen LogP contribution in [0.25, 0.3) is 10.6 Å². The highest BCUT2D eigenvalue weighted by Gasteiger charge is 2.14. The third-order valence-electron chi connectivity index (χ3n) is 2.17. The minimum Gasteiger partial charge on any atom is -0.323 e. The molecule has 5 heteroatoms. The molecule has 1 aromatic heterocycles. The van der Waals surface area contributed by atoms with Gasteiger partial charge in [-0.1, -0.05) is 17.7 Å². The van der Waals surface area contributed by atoms with Crippen LogP contribution in [0.4, 0.5) is 4.39 Å². The lowest BCUT2D eigenvalue weighted by Gasteiger charge is -2.02. The first-order valence-corrected chi connectivity index (χ1v) is 6.00. The molecule has 2 rings (SSSR count). The van der Waals surface area contributed by atoms with E-state index in [2.05, 4.69) is 4.98 Å². The minimum absolute atomic E-state index is 0.157. The van der Waals surface area contributed by atoms with E-state index < -0.39 is 0 Å². The molecule has 1 heterocycles. The number of thiazole rings is 1. The number of aromatic nitrogens is 1. The van der Waals surface area contributed by atoms with Crippen molar-refractivity contribution in [3.63, 3.8) is 0 Å². The Labute approximate surface area is 102 Å². The zero-order valence-corrected chi connectivity index (χ0v) is 10.1. The van der Waals surface area contributed by atoms with Crippen molar-refractivity contribution in [2.75, 3.05) is 0 Å². The van der Waals surface area contributed by atoms with Gasteiger partial charge in [-0.2, -0.15) is 0 Å². The standard InChI is InChI=1S/C11H10ClFN2S/c1-6(14)9-5-16-11(15-9)10-7(12)3-2-4-8(10)13/h2-6H,14H2,1H3. The van der Waals surface area contributed by atoms with Crippen LogP contribution in [-0.4, -0.2) is 4.98 Å². The van der Waals surface area contributed by atoms with Crippen LogP contribution in [0.15, 0.2) is 23.6 Å². The zero-order chi connectivity index (χ0) is 11.7.